The van der Waals surface area contributed by atoms with Gasteiger partial charge in [-0.3, -0.25) is 4.72 Å². The topological polar surface area (TPSA) is 98.5 Å². The number of aryl methyl sites for hydroxylation is 2. The second-order valence-electron chi connectivity index (χ2n) is 6.40. The van der Waals surface area contributed by atoms with E-state index < -0.39 is 10.0 Å². The Morgan fingerprint density at radius 2 is 1.90 bits per heavy atom. The quantitative estimate of drug-likeness (QED) is 0.503. The minimum absolute atomic E-state index is 0.182. The first-order valence-corrected chi connectivity index (χ1v) is 11.2. The number of ether oxygens (including phenoxy) is 1. The first kappa shape index (κ1) is 19.3. The molecule has 0 radical (unpaired) electrons. The smallest absolute Gasteiger partial charge is 0.262 e. The van der Waals surface area contributed by atoms with E-state index in [0.717, 1.165) is 17.0 Å². The lowest BCUT2D eigenvalue weighted by Gasteiger charge is -2.13. The Balaban J connectivity index is 1.73. The summed E-state index contributed by atoms with van der Waals surface area (Å²) in [6, 6.07) is 11.9. The summed E-state index contributed by atoms with van der Waals surface area (Å²) in [7, 11) is -2.27. The van der Waals surface area contributed by atoms with E-state index in [2.05, 4.69) is 20.0 Å². The molecule has 4 aromatic rings. The molecule has 2 aromatic carbocycles. The van der Waals surface area contributed by atoms with E-state index in [1.165, 1.54) is 18.4 Å². The molecule has 1 N–H and O–H groups in total. The molecule has 0 bridgehead atoms. The van der Waals surface area contributed by atoms with Gasteiger partial charge in [-0.1, -0.05) is 36.0 Å². The summed E-state index contributed by atoms with van der Waals surface area (Å²) in [6.45, 7) is 3.89. The zero-order valence-corrected chi connectivity index (χ0v) is 17.7. The van der Waals surface area contributed by atoms with Crippen molar-refractivity contribution < 1.29 is 13.2 Å². The highest BCUT2D eigenvalue weighted by Crippen LogP contribution is 2.34. The summed E-state index contributed by atoms with van der Waals surface area (Å²) in [5.41, 5.74) is 2.08. The molecule has 8 nitrogen and oxygen atoms in total. The SMILES string of the molecule is CCc1nnc2sc(-c3ccc(OC)c(NS(=O)(=O)c4ccc(C)cc4)c3)nn12. The highest BCUT2D eigenvalue weighted by Gasteiger charge is 2.19. The number of hydrogen-bond acceptors (Lipinski definition) is 7. The molecule has 0 saturated carbocycles. The largest absolute Gasteiger partial charge is 0.495 e. The maximum atomic E-state index is 12.8. The Bertz CT molecular complexity index is 1280. The standard InChI is InChI=1S/C19H19N5O3S2/c1-4-17-20-21-19-24(17)22-18(28-19)13-7-10-16(27-3)15(11-13)23-29(25,26)14-8-5-12(2)6-9-14/h5-11,23H,4H2,1-3H3. The van der Waals surface area contributed by atoms with Gasteiger partial charge in [0, 0.05) is 12.0 Å². The number of methoxy groups -OCH3 is 1. The minimum Gasteiger partial charge on any atom is -0.495 e. The van der Waals surface area contributed by atoms with Gasteiger partial charge in [0.1, 0.15) is 10.8 Å². The summed E-state index contributed by atoms with van der Waals surface area (Å²) >= 11 is 1.38. The summed E-state index contributed by atoms with van der Waals surface area (Å²) in [6.07, 6.45) is 0.717. The molecule has 10 heteroatoms. The lowest BCUT2D eigenvalue weighted by Crippen LogP contribution is -2.13. The van der Waals surface area contributed by atoms with Crippen LogP contribution in [0.15, 0.2) is 47.4 Å². The van der Waals surface area contributed by atoms with Crippen LogP contribution in [0.25, 0.3) is 15.5 Å². The third kappa shape index (κ3) is 3.68. The fraction of sp³-hybridized carbons (Fsp3) is 0.211. The van der Waals surface area contributed by atoms with Gasteiger partial charge in [0.2, 0.25) is 4.96 Å². The number of benzene rings is 2. The third-order valence-electron chi connectivity index (χ3n) is 4.39. The molecule has 0 aliphatic carbocycles. The van der Waals surface area contributed by atoms with Crippen LogP contribution in [0.3, 0.4) is 0 Å². The first-order valence-electron chi connectivity index (χ1n) is 8.90. The molecule has 0 atom stereocenters. The predicted molar refractivity (Wildman–Crippen MR) is 112 cm³/mol. The van der Waals surface area contributed by atoms with Crippen LogP contribution in [-0.2, 0) is 16.4 Å². The van der Waals surface area contributed by atoms with Crippen LogP contribution in [0, 0.1) is 6.92 Å². The van der Waals surface area contributed by atoms with Crippen LogP contribution in [0.5, 0.6) is 5.75 Å². The number of nitrogens with one attached hydrogen (secondary N) is 1. The van der Waals surface area contributed by atoms with Crippen molar-refractivity contribution >= 4 is 32.0 Å². The Hall–Kier alpha value is -2.98. The van der Waals surface area contributed by atoms with Gasteiger partial charge in [0.05, 0.1) is 17.7 Å². The molecular formula is C19H19N5O3S2. The van der Waals surface area contributed by atoms with Gasteiger partial charge in [-0.05, 0) is 37.3 Å². The van der Waals surface area contributed by atoms with Crippen LogP contribution >= 0.6 is 11.3 Å². The van der Waals surface area contributed by atoms with Crippen molar-refractivity contribution in [2.24, 2.45) is 0 Å². The van der Waals surface area contributed by atoms with Crippen molar-refractivity contribution in [2.45, 2.75) is 25.2 Å². The van der Waals surface area contributed by atoms with E-state index in [4.69, 9.17) is 4.74 Å². The Kier molecular flexibility index (Phi) is 4.97. The molecule has 0 saturated heterocycles. The number of anilines is 1. The Labute approximate surface area is 172 Å². The van der Waals surface area contributed by atoms with Crippen molar-refractivity contribution in [3.63, 3.8) is 0 Å². The molecule has 0 aliphatic heterocycles. The van der Waals surface area contributed by atoms with E-state index in [9.17, 15) is 8.42 Å². The number of rotatable bonds is 6. The normalized spacial score (nSPS) is 11.7. The maximum absolute atomic E-state index is 12.8. The zero-order chi connectivity index (χ0) is 20.6. The van der Waals surface area contributed by atoms with Crippen molar-refractivity contribution in [3.05, 3.63) is 53.9 Å². The summed E-state index contributed by atoms with van der Waals surface area (Å²) in [5.74, 6) is 1.19. The van der Waals surface area contributed by atoms with Crippen LogP contribution < -0.4 is 9.46 Å². The number of aromatic nitrogens is 4. The highest BCUT2D eigenvalue weighted by molar-refractivity contribution is 7.92. The van der Waals surface area contributed by atoms with Crippen LogP contribution in [-0.4, -0.2) is 35.3 Å². The van der Waals surface area contributed by atoms with E-state index in [-0.39, 0.29) is 4.90 Å². The summed E-state index contributed by atoms with van der Waals surface area (Å²) in [5, 5.41) is 13.5. The average Bonchev–Trinajstić information content (AvgIpc) is 3.28. The molecule has 2 aromatic heterocycles. The lowest BCUT2D eigenvalue weighted by molar-refractivity contribution is 0.417. The van der Waals surface area contributed by atoms with Crippen molar-refractivity contribution in [1.82, 2.24) is 19.8 Å². The molecule has 150 valence electrons. The highest BCUT2D eigenvalue weighted by atomic mass is 32.2. The van der Waals surface area contributed by atoms with Gasteiger partial charge in [-0.15, -0.1) is 10.2 Å². The van der Waals surface area contributed by atoms with Crippen LogP contribution in [0.2, 0.25) is 0 Å². The molecule has 29 heavy (non-hydrogen) atoms. The van der Waals surface area contributed by atoms with Gasteiger partial charge in [-0.25, -0.2) is 8.42 Å². The number of fused-ring (bicyclic) bond motifs is 1. The molecular weight excluding hydrogens is 410 g/mol. The van der Waals surface area contributed by atoms with E-state index in [1.807, 2.05) is 19.9 Å². The van der Waals surface area contributed by atoms with Gasteiger partial charge < -0.3 is 4.74 Å². The second kappa shape index (κ2) is 7.45. The molecule has 0 aliphatic rings. The van der Waals surface area contributed by atoms with Gasteiger partial charge in [0.15, 0.2) is 5.82 Å². The molecule has 2 heterocycles. The lowest BCUT2D eigenvalue weighted by atomic mass is 10.2. The van der Waals surface area contributed by atoms with E-state index in [1.54, 1.807) is 40.9 Å². The number of hydrogen-bond donors (Lipinski definition) is 1. The molecule has 0 amide bonds. The molecule has 0 fully saturated rings. The van der Waals surface area contributed by atoms with Gasteiger partial charge in [-0.2, -0.15) is 9.61 Å². The fourth-order valence-corrected chi connectivity index (χ4v) is 4.75. The third-order valence-corrected chi connectivity index (χ3v) is 6.72. The average molecular weight is 430 g/mol. The van der Waals surface area contributed by atoms with Crippen LogP contribution in [0.1, 0.15) is 18.3 Å². The second-order valence-corrected chi connectivity index (χ2v) is 9.04. The fourth-order valence-electron chi connectivity index (χ4n) is 2.84. The van der Waals surface area contributed by atoms with E-state index >= 15 is 0 Å². The van der Waals surface area contributed by atoms with Gasteiger partial charge in [0.25, 0.3) is 10.0 Å². The Morgan fingerprint density at radius 1 is 1.14 bits per heavy atom. The first-order chi connectivity index (χ1) is 13.9. The van der Waals surface area contributed by atoms with Crippen LogP contribution in [0.4, 0.5) is 5.69 Å². The van der Waals surface area contributed by atoms with E-state index in [0.29, 0.717) is 27.8 Å². The zero-order valence-electron chi connectivity index (χ0n) is 16.1. The molecule has 4 rings (SSSR count). The molecule has 0 spiro atoms. The van der Waals surface area contributed by atoms with Crippen molar-refractivity contribution in [2.75, 3.05) is 11.8 Å². The number of nitrogens with zero attached hydrogens (tertiary/aromatic N) is 4. The monoisotopic (exact) mass is 429 g/mol. The van der Waals surface area contributed by atoms with Crippen molar-refractivity contribution in [1.29, 1.82) is 0 Å². The summed E-state index contributed by atoms with van der Waals surface area (Å²) < 4.78 is 35.3. The number of sulfonamides is 1. The summed E-state index contributed by atoms with van der Waals surface area (Å²) in [4.78, 5) is 0.872. The maximum Gasteiger partial charge on any atom is 0.262 e. The minimum atomic E-state index is -3.76. The van der Waals surface area contributed by atoms with Gasteiger partial charge >= 0.3 is 0 Å². The molecule has 0 unspecified atom stereocenters. The van der Waals surface area contributed by atoms with Crippen molar-refractivity contribution in [3.8, 4) is 16.3 Å². The predicted octanol–water partition coefficient (Wildman–Crippen LogP) is 3.53. The Morgan fingerprint density at radius 3 is 2.59 bits per heavy atom.